The fraction of sp³-hybridized carbons (Fsp3) is 0.222. The van der Waals surface area contributed by atoms with Crippen LogP contribution >= 0.6 is 0 Å². The predicted octanol–water partition coefficient (Wildman–Crippen LogP) is 2.94. The number of nitrogens with zero attached hydrogens (tertiary/aromatic N) is 1. The molecule has 2 N–H and O–H groups in total. The van der Waals surface area contributed by atoms with E-state index in [2.05, 4.69) is 10.3 Å². The summed E-state index contributed by atoms with van der Waals surface area (Å²) in [6.45, 7) is 3.80. The number of hydrogen-bond donors (Lipinski definition) is 2. The zero-order valence-corrected chi connectivity index (χ0v) is 16.1. The first-order valence-corrected chi connectivity index (χ1v) is 9.92. The van der Waals surface area contributed by atoms with Gasteiger partial charge in [0.05, 0.1) is 24.0 Å². The fourth-order valence-electron chi connectivity index (χ4n) is 2.51. The van der Waals surface area contributed by atoms with Gasteiger partial charge in [0, 0.05) is 5.69 Å². The van der Waals surface area contributed by atoms with Gasteiger partial charge in [0.1, 0.15) is 5.69 Å². The lowest BCUT2D eigenvalue weighted by atomic mass is 10.2. The van der Waals surface area contributed by atoms with Gasteiger partial charge in [-0.05, 0) is 49.2 Å². The summed E-state index contributed by atoms with van der Waals surface area (Å²) < 4.78 is 36.5. The third-order valence-corrected chi connectivity index (χ3v) is 5.54. The Labute approximate surface area is 161 Å². The molecule has 0 aliphatic rings. The van der Waals surface area contributed by atoms with E-state index < -0.39 is 21.8 Å². The van der Waals surface area contributed by atoms with Crippen LogP contribution < -0.4 is 11.0 Å². The lowest BCUT2D eigenvalue weighted by Gasteiger charge is -2.11. The number of furan rings is 1. The SMILES string of the molecule is CCCOC(=O)Nc1ccc(S(=O)(=O)n2cc(-c3ccco3)[nH]c2=O)cc1C. The maximum atomic E-state index is 12.9. The second-order valence-corrected chi connectivity index (χ2v) is 7.80. The van der Waals surface area contributed by atoms with E-state index >= 15 is 0 Å². The first kappa shape index (κ1) is 19.5. The van der Waals surface area contributed by atoms with Crippen LogP contribution in [0.3, 0.4) is 0 Å². The van der Waals surface area contributed by atoms with E-state index in [0.29, 0.717) is 27.4 Å². The molecule has 148 valence electrons. The van der Waals surface area contributed by atoms with Crippen LogP contribution in [0.2, 0.25) is 0 Å². The lowest BCUT2D eigenvalue weighted by Crippen LogP contribution is -2.24. The summed E-state index contributed by atoms with van der Waals surface area (Å²) in [6, 6.07) is 7.35. The van der Waals surface area contributed by atoms with Gasteiger partial charge in [-0.15, -0.1) is 0 Å². The Morgan fingerprint density at radius 3 is 2.75 bits per heavy atom. The molecule has 3 rings (SSSR count). The third kappa shape index (κ3) is 3.86. The molecule has 3 aromatic rings. The molecule has 28 heavy (non-hydrogen) atoms. The number of imidazole rings is 1. The molecule has 0 spiro atoms. The Kier molecular flexibility index (Phi) is 5.41. The smallest absolute Gasteiger partial charge is 0.411 e. The van der Waals surface area contributed by atoms with Crippen molar-refractivity contribution in [3.05, 3.63) is 58.8 Å². The lowest BCUT2D eigenvalue weighted by molar-refractivity contribution is 0.161. The van der Waals surface area contributed by atoms with Crippen molar-refractivity contribution in [2.45, 2.75) is 25.2 Å². The van der Waals surface area contributed by atoms with Crippen LogP contribution in [0.15, 0.2) is 56.9 Å². The number of nitrogens with one attached hydrogen (secondary N) is 2. The van der Waals surface area contributed by atoms with Crippen LogP contribution in [0.5, 0.6) is 0 Å². The molecule has 0 saturated heterocycles. The molecule has 2 aromatic heterocycles. The Morgan fingerprint density at radius 1 is 1.32 bits per heavy atom. The van der Waals surface area contributed by atoms with Gasteiger partial charge < -0.3 is 14.1 Å². The van der Waals surface area contributed by atoms with Crippen molar-refractivity contribution in [2.75, 3.05) is 11.9 Å². The molecular weight excluding hydrogens is 386 g/mol. The van der Waals surface area contributed by atoms with Gasteiger partial charge in [0.15, 0.2) is 5.76 Å². The van der Waals surface area contributed by atoms with Crippen molar-refractivity contribution in [3.63, 3.8) is 0 Å². The summed E-state index contributed by atoms with van der Waals surface area (Å²) in [7, 11) is -4.13. The first-order valence-electron chi connectivity index (χ1n) is 8.48. The predicted molar refractivity (Wildman–Crippen MR) is 102 cm³/mol. The zero-order chi connectivity index (χ0) is 20.3. The van der Waals surface area contributed by atoms with Gasteiger partial charge in [-0.2, -0.15) is 3.97 Å². The molecule has 0 radical (unpaired) electrons. The summed E-state index contributed by atoms with van der Waals surface area (Å²) in [5.74, 6) is 0.340. The molecule has 1 amide bonds. The largest absolute Gasteiger partial charge is 0.463 e. The maximum Gasteiger partial charge on any atom is 0.411 e. The van der Waals surface area contributed by atoms with Crippen LogP contribution in [0, 0.1) is 6.92 Å². The van der Waals surface area contributed by atoms with Gasteiger partial charge in [0.2, 0.25) is 0 Å². The van der Waals surface area contributed by atoms with Gasteiger partial charge in [-0.3, -0.25) is 5.32 Å². The summed E-state index contributed by atoms with van der Waals surface area (Å²) >= 11 is 0. The van der Waals surface area contributed by atoms with E-state index in [1.807, 2.05) is 6.92 Å². The van der Waals surface area contributed by atoms with Crippen molar-refractivity contribution in [2.24, 2.45) is 0 Å². The van der Waals surface area contributed by atoms with Crippen molar-refractivity contribution >= 4 is 21.8 Å². The highest BCUT2D eigenvalue weighted by Gasteiger charge is 2.22. The fourth-order valence-corrected chi connectivity index (χ4v) is 3.81. The van der Waals surface area contributed by atoms with Crippen LogP contribution in [0.1, 0.15) is 18.9 Å². The number of aromatic amines is 1. The molecule has 0 aliphatic heterocycles. The number of aromatic nitrogens is 2. The normalized spacial score (nSPS) is 11.4. The van der Waals surface area contributed by atoms with Crippen molar-refractivity contribution in [1.82, 2.24) is 8.96 Å². The molecule has 0 bridgehead atoms. The first-order chi connectivity index (χ1) is 13.3. The van der Waals surface area contributed by atoms with E-state index in [1.54, 1.807) is 19.1 Å². The highest BCUT2D eigenvalue weighted by atomic mass is 32.2. The van der Waals surface area contributed by atoms with E-state index in [-0.39, 0.29) is 17.2 Å². The minimum Gasteiger partial charge on any atom is -0.463 e. The summed E-state index contributed by atoms with van der Waals surface area (Å²) in [6.07, 6.45) is 2.65. The molecule has 10 heteroatoms. The molecule has 9 nitrogen and oxygen atoms in total. The van der Waals surface area contributed by atoms with Crippen LogP contribution in [0.4, 0.5) is 10.5 Å². The molecule has 0 unspecified atom stereocenters. The van der Waals surface area contributed by atoms with Crippen molar-refractivity contribution in [1.29, 1.82) is 0 Å². The maximum absolute atomic E-state index is 12.9. The Morgan fingerprint density at radius 2 is 2.11 bits per heavy atom. The molecule has 0 atom stereocenters. The topological polar surface area (TPSA) is 123 Å². The van der Waals surface area contributed by atoms with Crippen molar-refractivity contribution in [3.8, 4) is 11.5 Å². The van der Waals surface area contributed by atoms with Crippen molar-refractivity contribution < 1.29 is 22.4 Å². The molecular formula is C18H19N3O6S. The Balaban J connectivity index is 1.90. The third-order valence-electron chi connectivity index (χ3n) is 3.90. The van der Waals surface area contributed by atoms with E-state index in [1.165, 1.54) is 30.7 Å². The quantitative estimate of drug-likeness (QED) is 0.650. The number of amides is 1. The van der Waals surface area contributed by atoms with Crippen LogP contribution in [0.25, 0.3) is 11.5 Å². The number of anilines is 1. The minimum atomic E-state index is -4.13. The minimum absolute atomic E-state index is 0.0930. The second-order valence-electron chi connectivity index (χ2n) is 5.99. The molecule has 0 saturated carbocycles. The van der Waals surface area contributed by atoms with Gasteiger partial charge >= 0.3 is 11.8 Å². The van der Waals surface area contributed by atoms with Gasteiger partial charge in [0.25, 0.3) is 10.0 Å². The highest BCUT2D eigenvalue weighted by molar-refractivity contribution is 7.90. The average molecular weight is 405 g/mol. The standard InChI is InChI=1S/C18H19N3O6S/c1-3-8-27-18(23)20-14-7-6-13(10-12(14)2)28(24,25)21-11-15(19-17(21)22)16-5-4-9-26-16/h4-7,9-11H,3,8H2,1-2H3,(H,19,22)(H,20,23). The van der Waals surface area contributed by atoms with Crippen LogP contribution in [-0.4, -0.2) is 30.1 Å². The van der Waals surface area contributed by atoms with Gasteiger partial charge in [-0.25, -0.2) is 18.0 Å². The van der Waals surface area contributed by atoms with Crippen LogP contribution in [-0.2, 0) is 14.8 Å². The van der Waals surface area contributed by atoms with E-state index in [9.17, 15) is 18.0 Å². The number of carbonyl (C=O) groups is 1. The number of benzene rings is 1. The molecule has 2 heterocycles. The second kappa shape index (κ2) is 7.77. The number of hydrogen-bond acceptors (Lipinski definition) is 6. The summed E-state index contributed by atoms with van der Waals surface area (Å²) in [5.41, 5.74) is 0.351. The number of rotatable bonds is 6. The van der Waals surface area contributed by atoms with E-state index in [0.717, 1.165) is 0 Å². The molecule has 0 fully saturated rings. The summed E-state index contributed by atoms with van der Waals surface area (Å²) in [4.78, 5) is 26.2. The summed E-state index contributed by atoms with van der Waals surface area (Å²) in [5, 5.41) is 2.55. The number of H-pyrrole nitrogens is 1. The number of ether oxygens (including phenoxy) is 1. The zero-order valence-electron chi connectivity index (χ0n) is 15.3. The average Bonchev–Trinajstić information content (AvgIpc) is 3.31. The number of carbonyl (C=O) groups excluding carboxylic acids is 1. The monoisotopic (exact) mass is 405 g/mol. The van der Waals surface area contributed by atoms with E-state index in [4.69, 9.17) is 9.15 Å². The Hall–Kier alpha value is -3.27. The Bertz CT molecular complexity index is 1140. The number of aryl methyl sites for hydroxylation is 1. The molecule has 0 aliphatic carbocycles. The molecule has 1 aromatic carbocycles. The van der Waals surface area contributed by atoms with Gasteiger partial charge in [-0.1, -0.05) is 6.92 Å². The highest BCUT2D eigenvalue weighted by Crippen LogP contribution is 2.23.